The third-order valence-corrected chi connectivity index (χ3v) is 20.7. The highest BCUT2D eigenvalue weighted by atomic mass is 35.5. The largest absolute Gasteiger partial charge is 0.496 e. The van der Waals surface area contributed by atoms with Gasteiger partial charge in [0.05, 0.1) is 50.6 Å². The molecule has 0 unspecified atom stereocenters. The van der Waals surface area contributed by atoms with Crippen molar-refractivity contribution in [3.8, 4) is 34.5 Å². The Labute approximate surface area is 623 Å². The summed E-state index contributed by atoms with van der Waals surface area (Å²) in [5.74, 6) is 6.24. The Balaban J connectivity index is 0.000000157. The predicted octanol–water partition coefficient (Wildman–Crippen LogP) is 16.4. The molecule has 13 rings (SSSR count). The Morgan fingerprint density at radius 1 is 0.452 bits per heavy atom. The Kier molecular flexibility index (Phi) is 27.7. The summed E-state index contributed by atoms with van der Waals surface area (Å²) in [6.45, 7) is 22.2. The maximum atomic E-state index is 13.3. The molecule has 3 saturated heterocycles. The van der Waals surface area contributed by atoms with E-state index in [0.717, 1.165) is 237 Å². The average molecular weight is 1450 g/mol. The summed E-state index contributed by atoms with van der Waals surface area (Å²) in [5.41, 5.74) is 7.23. The topological polar surface area (TPSA) is 146 Å². The van der Waals surface area contributed by atoms with Crippen LogP contribution in [0.15, 0.2) is 176 Å². The molecule has 0 spiro atoms. The highest BCUT2D eigenvalue weighted by Gasteiger charge is 2.26. The van der Waals surface area contributed by atoms with Crippen molar-refractivity contribution in [3.63, 3.8) is 0 Å². The van der Waals surface area contributed by atoms with Crippen LogP contribution in [0.5, 0.6) is 34.5 Å². The molecule has 104 heavy (non-hydrogen) atoms. The molecule has 3 aliphatic heterocycles. The minimum atomic E-state index is -0.0193. The number of carbonyl (C=O) groups is 3. The second-order valence-electron chi connectivity index (χ2n) is 27.6. The summed E-state index contributed by atoms with van der Waals surface area (Å²) in [7, 11) is 6.81. The van der Waals surface area contributed by atoms with Gasteiger partial charge in [-0.25, -0.2) is 0 Å². The molecule has 0 bridgehead atoms. The first-order chi connectivity index (χ1) is 50.7. The average Bonchev–Trinajstić information content (AvgIpc) is 1.64. The lowest BCUT2D eigenvalue weighted by Crippen LogP contribution is -2.47. The van der Waals surface area contributed by atoms with E-state index < -0.39 is 0 Å². The molecule has 7 aromatic carbocycles. The van der Waals surface area contributed by atoms with E-state index in [2.05, 4.69) is 70.7 Å². The van der Waals surface area contributed by atoms with Crippen LogP contribution in [0.2, 0.25) is 10.0 Å². The summed E-state index contributed by atoms with van der Waals surface area (Å²) < 4.78 is 41.0. The zero-order valence-electron chi connectivity index (χ0n) is 61.5. The van der Waals surface area contributed by atoms with Crippen LogP contribution < -0.4 is 33.7 Å². The van der Waals surface area contributed by atoms with Gasteiger partial charge >= 0.3 is 0 Å². The van der Waals surface area contributed by atoms with E-state index in [-0.39, 0.29) is 23.6 Å². The van der Waals surface area contributed by atoms with E-state index in [1.165, 1.54) is 5.56 Å². The quantitative estimate of drug-likeness (QED) is 0.0444. The summed E-state index contributed by atoms with van der Waals surface area (Å²) in [5, 5.41) is 7.36. The fourth-order valence-corrected chi connectivity index (χ4v) is 14.9. The lowest BCUT2D eigenvalue weighted by molar-refractivity contribution is 0.0948. The van der Waals surface area contributed by atoms with Crippen molar-refractivity contribution in [2.45, 2.75) is 97.4 Å². The van der Waals surface area contributed by atoms with Gasteiger partial charge < -0.3 is 62.1 Å². The number of likely N-dealkylation sites (tertiary alicyclic amines) is 2. The molecule has 0 aliphatic carbocycles. The van der Waals surface area contributed by atoms with Gasteiger partial charge in [-0.1, -0.05) is 122 Å². The highest BCUT2D eigenvalue weighted by molar-refractivity contribution is 6.31. The standard InChI is InChI=1S/C31H34ClN3O3.C29H39N3O3.C25H29ClN2O3/c1-37-29-10-5-9-27-28(31(36)24-7-3-2-4-8-24)23-35(30(27)29)16-6-15-33-17-19-34(20-18-33)21-22-38-26-13-11-25(32)12-14-26;1-21(2)19-30-29(33)25-20-32(28-24(25)10-7-12-27(28)35-4)16-8-15-31-17-13-22(14-18-31)23-9-5-6-11-26(23)34-3;1-18(29)23-17-28(25-22(23)5-3-6-24(25)30-2)14-4-13-27-15-11-21(12-16-27)31-20-9-7-19(26)8-10-20/h2-5,7-14,23H,6,15-22H2,1H3;5-7,9-12,20-22H,8,13-19H2,1-4H3,(H,30,33);3,5-10,17,21H,4,11-16H2,1-2H3. The van der Waals surface area contributed by atoms with E-state index in [9.17, 15) is 14.4 Å². The number of halogens is 2. The number of hydrogen-bond donors (Lipinski definition) is 1. The molecule has 3 fully saturated rings. The fraction of sp³-hybridized carbons (Fsp3) is 0.400. The minimum absolute atomic E-state index is 0.0193. The van der Waals surface area contributed by atoms with Crippen LogP contribution in [0, 0.1) is 5.92 Å². The highest BCUT2D eigenvalue weighted by Crippen LogP contribution is 2.37. The van der Waals surface area contributed by atoms with Crippen LogP contribution in [0.1, 0.15) is 114 Å². The van der Waals surface area contributed by atoms with Gasteiger partial charge in [0.2, 0.25) is 0 Å². The molecule has 6 heterocycles. The third kappa shape index (κ3) is 20.0. The van der Waals surface area contributed by atoms with E-state index in [1.807, 2.05) is 158 Å². The van der Waals surface area contributed by atoms with E-state index in [4.69, 9.17) is 51.6 Å². The number of ether oxygens (including phenoxy) is 6. The molecule has 550 valence electrons. The van der Waals surface area contributed by atoms with Gasteiger partial charge in [0.15, 0.2) is 11.6 Å². The maximum absolute atomic E-state index is 13.3. The third-order valence-electron chi connectivity index (χ3n) is 20.2. The smallest absolute Gasteiger partial charge is 0.253 e. The van der Waals surface area contributed by atoms with Gasteiger partial charge in [-0.3, -0.25) is 19.3 Å². The van der Waals surface area contributed by atoms with Crippen LogP contribution in [-0.4, -0.2) is 177 Å². The summed E-state index contributed by atoms with van der Waals surface area (Å²) in [6.07, 6.45) is 13.6. The van der Waals surface area contributed by atoms with Gasteiger partial charge in [-0.2, -0.15) is 0 Å². The number of fused-ring (bicyclic) bond motifs is 3. The summed E-state index contributed by atoms with van der Waals surface area (Å²) >= 11 is 11.9. The zero-order chi connectivity index (χ0) is 72.9. The fourth-order valence-electron chi connectivity index (χ4n) is 14.7. The Morgan fingerprint density at radius 3 is 1.38 bits per heavy atom. The number of aromatic nitrogens is 3. The molecule has 10 aromatic rings. The number of piperazine rings is 1. The van der Waals surface area contributed by atoms with Crippen LogP contribution >= 0.6 is 23.2 Å². The van der Waals surface area contributed by atoms with E-state index in [1.54, 1.807) is 35.4 Å². The van der Waals surface area contributed by atoms with Crippen LogP contribution in [0.25, 0.3) is 32.7 Å². The Hall–Kier alpha value is -8.81. The van der Waals surface area contributed by atoms with Crippen LogP contribution in [-0.2, 0) is 19.6 Å². The van der Waals surface area contributed by atoms with Gasteiger partial charge in [0.1, 0.15) is 47.2 Å². The second-order valence-corrected chi connectivity index (χ2v) is 28.5. The predicted molar refractivity (Wildman–Crippen MR) is 419 cm³/mol. The van der Waals surface area contributed by atoms with Crippen molar-refractivity contribution in [2.75, 3.05) is 120 Å². The first-order valence-electron chi connectivity index (χ1n) is 36.9. The molecule has 3 aromatic heterocycles. The number of Topliss-reactive ketones (excluding diaryl/α,β-unsaturated/α-hetero) is 1. The van der Waals surface area contributed by atoms with Crippen molar-refractivity contribution < 1.29 is 42.8 Å². The first kappa shape index (κ1) is 76.3. The number of amides is 1. The lowest BCUT2D eigenvalue weighted by Gasteiger charge is -2.34. The van der Waals surface area contributed by atoms with Gasteiger partial charge in [0, 0.05) is 133 Å². The number of hydrogen-bond acceptors (Lipinski definition) is 13. The lowest BCUT2D eigenvalue weighted by atomic mass is 9.89. The Bertz CT molecular complexity index is 4400. The monoisotopic (exact) mass is 1450 g/mol. The molecule has 0 radical (unpaired) electrons. The number of carbonyl (C=O) groups excluding carboxylic acids is 3. The number of nitrogens with zero attached hydrogens (tertiary/aromatic N) is 7. The molecular weight excluding hydrogens is 1350 g/mol. The number of nitrogens with one attached hydrogen (secondary N) is 1. The molecule has 3 aliphatic rings. The van der Waals surface area contributed by atoms with Crippen LogP contribution in [0.3, 0.4) is 0 Å². The Morgan fingerprint density at radius 2 is 0.875 bits per heavy atom. The number of methoxy groups -OCH3 is 4. The molecule has 1 N–H and O–H groups in total. The van der Waals surface area contributed by atoms with Gasteiger partial charge in [0.25, 0.3) is 5.91 Å². The number of para-hydroxylation sites is 4. The normalized spacial score (nSPS) is 14.9. The van der Waals surface area contributed by atoms with Gasteiger partial charge in [-0.05, 0) is 175 Å². The van der Waals surface area contributed by atoms with Crippen molar-refractivity contribution >= 4 is 73.4 Å². The summed E-state index contributed by atoms with van der Waals surface area (Å²) in [4.78, 5) is 48.3. The number of piperidine rings is 2. The SMILES string of the molecule is COc1cccc2c(C(=O)c3ccccc3)cn(CCCN3CCN(CCOc4ccc(Cl)cc4)CC3)c12.COc1cccc2c(C(C)=O)cn(CCCN3CCC(Oc4ccc(Cl)cc4)CC3)c12.COc1ccccc1C1CCN(CCCn2cc(C(=O)NCC(C)C)c3cccc(OC)c32)CC1. The van der Waals surface area contributed by atoms with E-state index in [0.29, 0.717) is 30.6 Å². The van der Waals surface area contributed by atoms with Crippen molar-refractivity contribution in [2.24, 2.45) is 5.92 Å². The van der Waals surface area contributed by atoms with Crippen LogP contribution in [0.4, 0.5) is 0 Å². The van der Waals surface area contributed by atoms with Crippen molar-refractivity contribution in [3.05, 3.63) is 214 Å². The van der Waals surface area contributed by atoms with Crippen molar-refractivity contribution in [1.82, 2.24) is 38.6 Å². The summed E-state index contributed by atoms with van der Waals surface area (Å²) in [6, 6.07) is 50.8. The maximum Gasteiger partial charge on any atom is 0.253 e. The van der Waals surface area contributed by atoms with E-state index >= 15 is 0 Å². The van der Waals surface area contributed by atoms with Gasteiger partial charge in [-0.15, -0.1) is 0 Å². The number of benzene rings is 7. The number of aryl methyl sites for hydroxylation is 3. The zero-order valence-corrected chi connectivity index (χ0v) is 63.0. The minimum Gasteiger partial charge on any atom is -0.496 e. The molecule has 19 heteroatoms. The number of rotatable bonds is 29. The molecule has 1 amide bonds. The molecule has 17 nitrogen and oxygen atoms in total. The van der Waals surface area contributed by atoms with Crippen molar-refractivity contribution in [1.29, 1.82) is 0 Å². The number of ketones is 2. The molecule has 0 atom stereocenters. The first-order valence-corrected chi connectivity index (χ1v) is 37.6. The second kappa shape index (κ2) is 37.8. The molecular formula is C85H102Cl2N8O9. The molecule has 0 saturated carbocycles.